The quantitative estimate of drug-likeness (QED) is 0.336. The molecule has 10 heavy (non-hydrogen) atoms. The maximum Gasteiger partial charge on any atom is 0.0177 e. The summed E-state index contributed by atoms with van der Waals surface area (Å²) in [4.78, 5) is 0. The highest BCUT2D eigenvalue weighted by Gasteiger charge is 1.72. The minimum Gasteiger partial charge on any atom is -0.319 e. The van der Waals surface area contributed by atoms with E-state index in [1.807, 2.05) is 19.2 Å². The molecular formula is C8H14N2. The number of allylic oxidation sites excluding steroid dienone is 3. The van der Waals surface area contributed by atoms with E-state index >= 15 is 0 Å². The minimum atomic E-state index is 1.01. The molecule has 2 heteroatoms. The molecule has 0 bridgehead atoms. The van der Waals surface area contributed by atoms with Gasteiger partial charge in [0.2, 0.25) is 0 Å². The van der Waals surface area contributed by atoms with Gasteiger partial charge < -0.3 is 10.7 Å². The fourth-order valence-corrected chi connectivity index (χ4v) is 0.522. The highest BCUT2D eigenvalue weighted by molar-refractivity contribution is 5.68. The van der Waals surface area contributed by atoms with Crippen molar-refractivity contribution in [2.24, 2.45) is 0 Å². The summed E-state index contributed by atoms with van der Waals surface area (Å²) < 4.78 is 0. The Bertz CT molecular complexity index is 125. The van der Waals surface area contributed by atoms with Crippen molar-refractivity contribution in [1.29, 1.82) is 5.41 Å². The molecule has 0 atom stereocenters. The third-order valence-electron chi connectivity index (χ3n) is 1.02. The van der Waals surface area contributed by atoms with E-state index < -0.39 is 0 Å². The molecule has 0 amide bonds. The molecule has 0 spiro atoms. The van der Waals surface area contributed by atoms with Gasteiger partial charge in [0, 0.05) is 6.21 Å². The molecule has 0 saturated heterocycles. The summed E-state index contributed by atoms with van der Waals surface area (Å²) in [5.74, 6) is 0. The SMILES string of the molecule is CNCC/C=C/C=C\C=N. The molecule has 0 aliphatic carbocycles. The Kier molecular flexibility index (Phi) is 7.39. The minimum absolute atomic E-state index is 1.01. The number of hydrogen-bond donors (Lipinski definition) is 2. The molecule has 0 rings (SSSR count). The highest BCUT2D eigenvalue weighted by Crippen LogP contribution is 1.80. The van der Waals surface area contributed by atoms with Gasteiger partial charge >= 0.3 is 0 Å². The molecule has 2 N–H and O–H groups in total. The second kappa shape index (κ2) is 8.11. The van der Waals surface area contributed by atoms with Crippen LogP contribution in [0.15, 0.2) is 24.3 Å². The number of hydrogen-bond acceptors (Lipinski definition) is 2. The van der Waals surface area contributed by atoms with Crippen LogP contribution in [0.5, 0.6) is 0 Å². The molecule has 2 nitrogen and oxygen atoms in total. The van der Waals surface area contributed by atoms with E-state index in [2.05, 4.69) is 11.4 Å². The van der Waals surface area contributed by atoms with Crippen LogP contribution < -0.4 is 5.32 Å². The van der Waals surface area contributed by atoms with E-state index in [-0.39, 0.29) is 0 Å². The van der Waals surface area contributed by atoms with Crippen molar-refractivity contribution in [3.8, 4) is 0 Å². The molecule has 0 heterocycles. The van der Waals surface area contributed by atoms with Crippen LogP contribution >= 0.6 is 0 Å². The zero-order valence-electron chi connectivity index (χ0n) is 6.30. The molecule has 0 fully saturated rings. The van der Waals surface area contributed by atoms with Gasteiger partial charge in [-0.2, -0.15) is 0 Å². The van der Waals surface area contributed by atoms with Gasteiger partial charge in [0.15, 0.2) is 0 Å². The lowest BCUT2D eigenvalue weighted by Gasteiger charge is -1.88. The molecule has 0 aromatic heterocycles. The first kappa shape index (κ1) is 9.11. The van der Waals surface area contributed by atoms with Gasteiger partial charge in [-0.3, -0.25) is 0 Å². The molecule has 0 saturated carbocycles. The van der Waals surface area contributed by atoms with Crippen molar-refractivity contribution in [2.75, 3.05) is 13.6 Å². The van der Waals surface area contributed by atoms with Crippen molar-refractivity contribution in [1.82, 2.24) is 5.32 Å². The number of nitrogens with one attached hydrogen (secondary N) is 2. The van der Waals surface area contributed by atoms with Gasteiger partial charge in [-0.05, 0) is 26.1 Å². The normalized spacial score (nSPS) is 11.3. The van der Waals surface area contributed by atoms with Crippen LogP contribution in [0.3, 0.4) is 0 Å². The summed E-state index contributed by atoms with van der Waals surface area (Å²) in [5.41, 5.74) is 0. The third kappa shape index (κ3) is 7.11. The summed E-state index contributed by atoms with van der Waals surface area (Å²) in [6, 6.07) is 0. The first-order valence-electron chi connectivity index (χ1n) is 3.38. The molecule has 0 radical (unpaired) electrons. The summed E-state index contributed by atoms with van der Waals surface area (Å²) in [6.45, 7) is 1.01. The first-order chi connectivity index (χ1) is 4.91. The maximum atomic E-state index is 6.66. The van der Waals surface area contributed by atoms with Crippen molar-refractivity contribution in [3.63, 3.8) is 0 Å². The van der Waals surface area contributed by atoms with Crippen molar-refractivity contribution < 1.29 is 0 Å². The summed E-state index contributed by atoms with van der Waals surface area (Å²) in [7, 11) is 1.93. The van der Waals surface area contributed by atoms with Crippen LogP contribution in [-0.2, 0) is 0 Å². The fourth-order valence-electron chi connectivity index (χ4n) is 0.522. The van der Waals surface area contributed by atoms with Crippen LogP contribution in [-0.4, -0.2) is 19.8 Å². The van der Waals surface area contributed by atoms with Crippen molar-refractivity contribution >= 4 is 6.21 Å². The standard InChI is InChI=1S/C8H14N2/c1-10-8-6-4-2-3-5-7-9/h2-5,7,9-10H,6,8H2,1H3/b4-2+,5-3-,9-7?. The van der Waals surface area contributed by atoms with E-state index in [9.17, 15) is 0 Å². The van der Waals surface area contributed by atoms with Gasteiger partial charge in [0.25, 0.3) is 0 Å². The lowest BCUT2D eigenvalue weighted by molar-refractivity contribution is 0.808. The zero-order valence-corrected chi connectivity index (χ0v) is 6.30. The Labute approximate surface area is 62.1 Å². The Balaban J connectivity index is 3.19. The molecule has 0 aromatic carbocycles. The summed E-state index contributed by atoms with van der Waals surface area (Å²) >= 11 is 0. The smallest absolute Gasteiger partial charge is 0.0177 e. The van der Waals surface area contributed by atoms with Crippen molar-refractivity contribution in [3.05, 3.63) is 24.3 Å². The molecule has 0 aromatic rings. The lowest BCUT2D eigenvalue weighted by Crippen LogP contribution is -2.05. The van der Waals surface area contributed by atoms with Crippen LogP contribution in [0.25, 0.3) is 0 Å². The van der Waals surface area contributed by atoms with Gasteiger partial charge in [0.05, 0.1) is 0 Å². The Morgan fingerprint density at radius 3 is 2.70 bits per heavy atom. The van der Waals surface area contributed by atoms with Crippen LogP contribution in [0, 0.1) is 5.41 Å². The molecule has 0 unspecified atom stereocenters. The van der Waals surface area contributed by atoms with Crippen LogP contribution in [0.1, 0.15) is 6.42 Å². The fraction of sp³-hybridized carbons (Fsp3) is 0.375. The molecular weight excluding hydrogens is 124 g/mol. The van der Waals surface area contributed by atoms with E-state index in [0.717, 1.165) is 13.0 Å². The van der Waals surface area contributed by atoms with Gasteiger partial charge in [-0.15, -0.1) is 0 Å². The lowest BCUT2D eigenvalue weighted by atomic mass is 10.3. The average molecular weight is 138 g/mol. The van der Waals surface area contributed by atoms with E-state index in [1.165, 1.54) is 6.21 Å². The third-order valence-corrected chi connectivity index (χ3v) is 1.02. The van der Waals surface area contributed by atoms with E-state index in [0.29, 0.717) is 0 Å². The average Bonchev–Trinajstić information content (AvgIpc) is 1.97. The predicted octanol–water partition coefficient (Wildman–Crippen LogP) is 1.36. The largest absolute Gasteiger partial charge is 0.319 e. The molecule has 56 valence electrons. The monoisotopic (exact) mass is 138 g/mol. The van der Waals surface area contributed by atoms with Gasteiger partial charge in [-0.25, -0.2) is 0 Å². The first-order valence-corrected chi connectivity index (χ1v) is 3.38. The van der Waals surface area contributed by atoms with Gasteiger partial charge in [-0.1, -0.05) is 18.2 Å². The number of rotatable bonds is 5. The summed E-state index contributed by atoms with van der Waals surface area (Å²) in [6.07, 6.45) is 9.86. The second-order valence-corrected chi connectivity index (χ2v) is 1.87. The summed E-state index contributed by atoms with van der Waals surface area (Å²) in [5, 5.41) is 9.70. The molecule has 0 aliphatic rings. The predicted molar refractivity (Wildman–Crippen MR) is 45.6 cm³/mol. The van der Waals surface area contributed by atoms with Crippen molar-refractivity contribution in [2.45, 2.75) is 6.42 Å². The second-order valence-electron chi connectivity index (χ2n) is 1.87. The highest BCUT2D eigenvalue weighted by atomic mass is 14.8. The van der Waals surface area contributed by atoms with Gasteiger partial charge in [0.1, 0.15) is 0 Å². The Hall–Kier alpha value is -0.890. The topological polar surface area (TPSA) is 35.9 Å². The van der Waals surface area contributed by atoms with Crippen LogP contribution in [0.2, 0.25) is 0 Å². The van der Waals surface area contributed by atoms with E-state index in [4.69, 9.17) is 5.41 Å². The Morgan fingerprint density at radius 1 is 1.30 bits per heavy atom. The Morgan fingerprint density at radius 2 is 2.10 bits per heavy atom. The van der Waals surface area contributed by atoms with Crippen LogP contribution in [0.4, 0.5) is 0 Å². The maximum absolute atomic E-state index is 6.66. The zero-order chi connectivity index (χ0) is 7.66. The molecule has 0 aliphatic heterocycles. The van der Waals surface area contributed by atoms with E-state index in [1.54, 1.807) is 6.08 Å².